The van der Waals surface area contributed by atoms with Crippen LogP contribution in [0, 0.1) is 5.82 Å². The van der Waals surface area contributed by atoms with E-state index in [9.17, 15) is 14.0 Å². The number of anilines is 1. The largest absolute Gasteiger partial charge is 0.388 e. The molecule has 1 unspecified atom stereocenters. The molecule has 1 aliphatic carbocycles. The fourth-order valence-electron chi connectivity index (χ4n) is 3.32. The smallest absolute Gasteiger partial charge is 0.277 e. The minimum absolute atomic E-state index is 0.0356. The Hall–Kier alpha value is -2.54. The third kappa shape index (κ3) is 5.50. The SMILES string of the molecule is CC.COC.O=CCn1c(C2CC2)nc2c(c1=O)NC(c1ccc(F)cc1)CC2. The minimum Gasteiger partial charge on any atom is -0.388 e. The standard InChI is InChI=1S/C18H18FN3O2.C2H6O.C2H6/c19-13-5-3-11(4-6-13)14-7-8-15-16(20-14)18(24)22(9-10-23)17(21-15)12-1-2-12;1-3-2;1-2/h3-6,10,12,14,20H,1-2,7-9H2;1-2H3;1-2H3. The van der Waals surface area contributed by atoms with Crippen molar-refractivity contribution < 1.29 is 13.9 Å². The van der Waals surface area contributed by atoms with E-state index in [-0.39, 0.29) is 24.0 Å². The van der Waals surface area contributed by atoms with Crippen LogP contribution in [0.1, 0.15) is 62.2 Å². The Balaban J connectivity index is 0.000000551. The van der Waals surface area contributed by atoms with Crippen LogP contribution >= 0.6 is 0 Å². The van der Waals surface area contributed by atoms with Crippen molar-refractivity contribution in [2.45, 2.75) is 58.0 Å². The highest BCUT2D eigenvalue weighted by molar-refractivity contribution is 5.54. The summed E-state index contributed by atoms with van der Waals surface area (Å²) in [6.07, 6.45) is 4.28. The zero-order valence-corrected chi connectivity index (χ0v) is 17.6. The highest BCUT2D eigenvalue weighted by atomic mass is 19.1. The molecule has 1 aromatic carbocycles. The number of carbonyl (C=O) groups is 1. The van der Waals surface area contributed by atoms with E-state index in [1.807, 2.05) is 13.8 Å². The fourth-order valence-corrected chi connectivity index (χ4v) is 3.32. The first-order valence-corrected chi connectivity index (χ1v) is 10.1. The van der Waals surface area contributed by atoms with Crippen molar-refractivity contribution in [1.82, 2.24) is 9.55 Å². The highest BCUT2D eigenvalue weighted by Gasteiger charge is 2.32. The Kier molecular flexibility index (Phi) is 8.51. The third-order valence-electron chi connectivity index (χ3n) is 4.73. The molecule has 29 heavy (non-hydrogen) atoms. The van der Waals surface area contributed by atoms with Gasteiger partial charge < -0.3 is 14.8 Å². The molecule has 1 N–H and O–H groups in total. The molecule has 2 aromatic rings. The molecule has 1 fully saturated rings. The van der Waals surface area contributed by atoms with Crippen molar-refractivity contribution in [3.63, 3.8) is 0 Å². The molecule has 0 spiro atoms. The van der Waals surface area contributed by atoms with Crippen LogP contribution in [0.15, 0.2) is 29.1 Å². The van der Waals surface area contributed by atoms with Gasteiger partial charge in [0.05, 0.1) is 18.3 Å². The summed E-state index contributed by atoms with van der Waals surface area (Å²) in [5, 5.41) is 3.25. The minimum atomic E-state index is -0.279. The van der Waals surface area contributed by atoms with Crippen LogP contribution in [0.25, 0.3) is 0 Å². The highest BCUT2D eigenvalue weighted by Crippen LogP contribution is 2.40. The van der Waals surface area contributed by atoms with Crippen molar-refractivity contribution in [3.8, 4) is 0 Å². The topological polar surface area (TPSA) is 73.2 Å². The molecule has 1 aliphatic heterocycles. The average molecular weight is 403 g/mol. The molecule has 0 amide bonds. The maximum atomic E-state index is 13.1. The van der Waals surface area contributed by atoms with Crippen molar-refractivity contribution in [2.75, 3.05) is 19.5 Å². The molecule has 6 nitrogen and oxygen atoms in total. The lowest BCUT2D eigenvalue weighted by atomic mass is 9.96. The molecule has 2 aliphatic rings. The summed E-state index contributed by atoms with van der Waals surface area (Å²) in [6, 6.07) is 6.25. The van der Waals surface area contributed by atoms with Gasteiger partial charge in [-0.05, 0) is 43.4 Å². The van der Waals surface area contributed by atoms with Gasteiger partial charge in [0.25, 0.3) is 5.56 Å². The molecule has 7 heteroatoms. The van der Waals surface area contributed by atoms with Crippen LogP contribution in [0.2, 0.25) is 0 Å². The number of aromatic nitrogens is 2. The van der Waals surface area contributed by atoms with E-state index in [1.165, 1.54) is 16.7 Å². The summed E-state index contributed by atoms with van der Waals surface area (Å²) in [6.45, 7) is 4.04. The number of halogens is 1. The number of benzene rings is 1. The van der Waals surface area contributed by atoms with Crippen molar-refractivity contribution in [3.05, 3.63) is 57.5 Å². The van der Waals surface area contributed by atoms with Gasteiger partial charge in [0.1, 0.15) is 23.6 Å². The number of nitrogens with one attached hydrogen (secondary N) is 1. The summed E-state index contributed by atoms with van der Waals surface area (Å²) in [4.78, 5) is 28.5. The molecule has 1 saturated carbocycles. The normalized spacial score (nSPS) is 16.9. The van der Waals surface area contributed by atoms with Gasteiger partial charge in [0.2, 0.25) is 0 Å². The molecule has 0 radical (unpaired) electrons. The van der Waals surface area contributed by atoms with Gasteiger partial charge in [-0.1, -0.05) is 26.0 Å². The molecular weight excluding hydrogens is 373 g/mol. The maximum absolute atomic E-state index is 13.1. The zero-order valence-electron chi connectivity index (χ0n) is 17.6. The van der Waals surface area contributed by atoms with Gasteiger partial charge in [0.15, 0.2) is 0 Å². The lowest BCUT2D eigenvalue weighted by Crippen LogP contribution is -2.33. The number of fused-ring (bicyclic) bond motifs is 1. The van der Waals surface area contributed by atoms with Gasteiger partial charge in [-0.25, -0.2) is 9.37 Å². The van der Waals surface area contributed by atoms with Gasteiger partial charge >= 0.3 is 0 Å². The fraction of sp³-hybridized carbons (Fsp3) is 0.500. The number of hydrogen-bond acceptors (Lipinski definition) is 5. The van der Waals surface area contributed by atoms with Crippen molar-refractivity contribution in [1.29, 1.82) is 0 Å². The maximum Gasteiger partial charge on any atom is 0.277 e. The molecule has 1 aromatic heterocycles. The van der Waals surface area contributed by atoms with E-state index in [1.54, 1.807) is 26.4 Å². The number of aryl methyl sites for hydroxylation is 1. The number of aldehydes is 1. The van der Waals surface area contributed by atoms with E-state index in [4.69, 9.17) is 0 Å². The van der Waals surface area contributed by atoms with E-state index in [0.29, 0.717) is 18.0 Å². The molecule has 158 valence electrons. The molecule has 4 rings (SSSR count). The Labute approximate surface area is 171 Å². The summed E-state index contributed by atoms with van der Waals surface area (Å²) < 4.78 is 18.8. The number of nitrogens with zero attached hydrogens (tertiary/aromatic N) is 2. The lowest BCUT2D eigenvalue weighted by molar-refractivity contribution is -0.108. The second kappa shape index (κ2) is 10.9. The lowest BCUT2D eigenvalue weighted by Gasteiger charge is -2.27. The quantitative estimate of drug-likeness (QED) is 0.785. The second-order valence-electron chi connectivity index (χ2n) is 6.84. The first kappa shape index (κ1) is 22.7. The number of hydrogen-bond donors (Lipinski definition) is 1. The summed E-state index contributed by atoms with van der Waals surface area (Å²) in [5.74, 6) is 0.768. The predicted octanol–water partition coefficient (Wildman–Crippen LogP) is 3.85. The Bertz CT molecular complexity index is 861. The van der Waals surface area contributed by atoms with Crippen LogP contribution in [-0.2, 0) is 22.5 Å². The summed E-state index contributed by atoms with van der Waals surface area (Å²) in [5.41, 5.74) is 2.01. The van der Waals surface area contributed by atoms with E-state index in [2.05, 4.69) is 15.0 Å². The summed E-state index contributed by atoms with van der Waals surface area (Å²) >= 11 is 0. The number of rotatable bonds is 4. The van der Waals surface area contributed by atoms with Crippen LogP contribution in [0.3, 0.4) is 0 Å². The first-order valence-electron chi connectivity index (χ1n) is 10.1. The van der Waals surface area contributed by atoms with E-state index < -0.39 is 0 Å². The molecule has 1 atom stereocenters. The van der Waals surface area contributed by atoms with Crippen molar-refractivity contribution >= 4 is 12.0 Å². The van der Waals surface area contributed by atoms with Crippen LogP contribution in [-0.4, -0.2) is 30.1 Å². The van der Waals surface area contributed by atoms with Gasteiger partial charge in [0, 0.05) is 20.1 Å². The molecule has 0 saturated heterocycles. The molecule has 0 bridgehead atoms. The molecular formula is C22H30FN3O3. The van der Waals surface area contributed by atoms with E-state index in [0.717, 1.165) is 42.6 Å². The Morgan fingerprint density at radius 1 is 1.21 bits per heavy atom. The van der Waals surface area contributed by atoms with Crippen LogP contribution in [0.5, 0.6) is 0 Å². The Morgan fingerprint density at radius 3 is 2.38 bits per heavy atom. The number of ether oxygens (including phenoxy) is 1. The number of methoxy groups -OCH3 is 1. The average Bonchev–Trinajstić information content (AvgIpc) is 3.58. The van der Waals surface area contributed by atoms with Crippen LogP contribution < -0.4 is 10.9 Å². The van der Waals surface area contributed by atoms with E-state index >= 15 is 0 Å². The third-order valence-corrected chi connectivity index (χ3v) is 4.73. The first-order chi connectivity index (χ1) is 14.1. The van der Waals surface area contributed by atoms with Crippen molar-refractivity contribution in [2.24, 2.45) is 0 Å². The summed E-state index contributed by atoms with van der Waals surface area (Å²) in [7, 11) is 3.25. The number of carbonyl (C=O) groups excluding carboxylic acids is 1. The van der Waals surface area contributed by atoms with Gasteiger partial charge in [-0.3, -0.25) is 9.36 Å². The molecule has 2 heterocycles. The zero-order chi connectivity index (χ0) is 21.4. The Morgan fingerprint density at radius 2 is 1.83 bits per heavy atom. The monoisotopic (exact) mass is 403 g/mol. The van der Waals surface area contributed by atoms with Gasteiger partial charge in [-0.2, -0.15) is 0 Å². The second-order valence-corrected chi connectivity index (χ2v) is 6.84. The predicted molar refractivity (Wildman–Crippen MR) is 112 cm³/mol. The van der Waals surface area contributed by atoms with Gasteiger partial charge in [-0.15, -0.1) is 0 Å². The van der Waals surface area contributed by atoms with Crippen LogP contribution in [0.4, 0.5) is 10.1 Å².